The molecule has 2 aromatic rings. The number of hydrogen-bond acceptors (Lipinski definition) is 7. The van der Waals surface area contributed by atoms with E-state index in [0.29, 0.717) is 17.9 Å². The van der Waals surface area contributed by atoms with E-state index in [9.17, 15) is 18.4 Å². The topological polar surface area (TPSA) is 114 Å². The summed E-state index contributed by atoms with van der Waals surface area (Å²) in [4.78, 5) is 32.0. The van der Waals surface area contributed by atoms with Crippen LogP contribution in [0, 0.1) is 0 Å². The minimum atomic E-state index is -2.79. The molecule has 0 bridgehead atoms. The zero-order valence-corrected chi connectivity index (χ0v) is 32.7. The van der Waals surface area contributed by atoms with Gasteiger partial charge in [-0.15, -0.1) is 0 Å². The summed E-state index contributed by atoms with van der Waals surface area (Å²) in [5.74, 6) is -0.00424. The van der Waals surface area contributed by atoms with Crippen LogP contribution in [-0.4, -0.2) is 68.6 Å². The van der Waals surface area contributed by atoms with Gasteiger partial charge < -0.3 is 24.2 Å². The van der Waals surface area contributed by atoms with Crippen molar-refractivity contribution in [3.05, 3.63) is 113 Å². The third-order valence-corrected chi connectivity index (χ3v) is 11.2. The summed E-state index contributed by atoms with van der Waals surface area (Å²) in [6.45, 7) is 10.9. The number of fused-ring (bicyclic) bond motifs is 1. The van der Waals surface area contributed by atoms with E-state index < -0.39 is 29.3 Å². The highest BCUT2D eigenvalue weighted by Gasteiger charge is 2.34. The quantitative estimate of drug-likeness (QED) is 0.178. The van der Waals surface area contributed by atoms with E-state index in [2.05, 4.69) is 42.3 Å². The monoisotopic (exact) mass is 743 g/mol. The van der Waals surface area contributed by atoms with Crippen LogP contribution in [0.4, 0.5) is 5.69 Å². The molecule has 3 atom stereocenters. The molecule has 0 radical (unpaired) electrons. The van der Waals surface area contributed by atoms with Gasteiger partial charge in [0.2, 0.25) is 11.8 Å². The predicted molar refractivity (Wildman–Crippen MR) is 209 cm³/mol. The Bertz CT molecular complexity index is 1730. The molecule has 3 unspecified atom stereocenters. The highest BCUT2D eigenvalue weighted by molar-refractivity contribution is 7.80. The van der Waals surface area contributed by atoms with Gasteiger partial charge in [0.05, 0.1) is 6.42 Å². The van der Waals surface area contributed by atoms with E-state index in [0.717, 1.165) is 74.9 Å². The number of carbonyl (C=O) groups excluding carboxylic acids is 2. The summed E-state index contributed by atoms with van der Waals surface area (Å²) >= 11 is -2.79. The van der Waals surface area contributed by atoms with Gasteiger partial charge in [-0.2, -0.15) is 0 Å². The molecule has 1 aliphatic heterocycles. The number of nitrogens with one attached hydrogen (secondary N) is 1. The predicted octanol–water partition coefficient (Wildman–Crippen LogP) is 6.76. The molecule has 286 valence electrons. The fraction of sp³-hybridized carbons (Fsp3) is 0.476. The second kappa shape index (κ2) is 19.2. The highest BCUT2D eigenvalue weighted by Crippen LogP contribution is 2.33. The fourth-order valence-corrected chi connectivity index (χ4v) is 7.67. The molecule has 0 fully saturated rings. The lowest BCUT2D eigenvalue weighted by atomic mass is 9.91. The van der Waals surface area contributed by atoms with E-state index >= 15 is 0 Å². The number of carbonyl (C=O) groups is 2. The van der Waals surface area contributed by atoms with Gasteiger partial charge in [0.15, 0.2) is 5.76 Å². The van der Waals surface area contributed by atoms with Crippen molar-refractivity contribution in [3.63, 3.8) is 0 Å². The maximum Gasteiger partial charge on any atom is 0.245 e. The number of allylic oxidation sites excluding steroid dienone is 4. The molecule has 0 saturated heterocycles. The van der Waals surface area contributed by atoms with Crippen LogP contribution in [0.3, 0.4) is 0 Å². The lowest BCUT2D eigenvalue weighted by Crippen LogP contribution is -2.52. The van der Waals surface area contributed by atoms with E-state index in [1.165, 1.54) is 28.0 Å². The lowest BCUT2D eigenvalue weighted by Gasteiger charge is -2.37. The number of likely N-dealkylation sites (N-methyl/N-ethyl adjacent to an activating group) is 1. The smallest absolute Gasteiger partial charge is 0.245 e. The van der Waals surface area contributed by atoms with E-state index in [-0.39, 0.29) is 30.5 Å². The average molecular weight is 744 g/mol. The van der Waals surface area contributed by atoms with Gasteiger partial charge in [-0.1, -0.05) is 68.0 Å². The van der Waals surface area contributed by atoms with E-state index in [1.54, 1.807) is 18.0 Å². The van der Waals surface area contributed by atoms with Crippen LogP contribution in [0.5, 0.6) is 0 Å². The molecule has 53 heavy (non-hydrogen) atoms. The van der Waals surface area contributed by atoms with Crippen molar-refractivity contribution < 1.29 is 27.8 Å². The van der Waals surface area contributed by atoms with Crippen LogP contribution >= 0.6 is 0 Å². The molecular formula is C42H55N4O6S-. The molecule has 2 aliphatic carbocycles. The number of anilines is 1. The fourth-order valence-electron chi connectivity index (χ4n) is 7.00. The maximum absolute atomic E-state index is 14.2. The molecule has 3 aliphatic rings. The van der Waals surface area contributed by atoms with Crippen molar-refractivity contribution in [1.29, 1.82) is 0 Å². The number of amides is 2. The minimum Gasteiger partial charge on any atom is -0.755 e. The second-order valence-corrected chi connectivity index (χ2v) is 15.2. The standard InChI is InChI=1S/C42H56N4O6S/c1-6-45(7-2)27-33-19-17-32(18-20-33)24-38(42(48)44(5)30(3)4)43-41(47)26-39(40-29-51-28-37(52-40)23-31-13-9-8-10-14-31)46(53(49)50)36-22-21-34-15-11-12-16-35(34)25-36/h8-9,13,17-22,25,28-30,38-39H,6-7,10-12,14-16,23-24,26-27H2,1-5H3,(H,43,47)(H,49,50)/p-1. The van der Waals surface area contributed by atoms with Gasteiger partial charge in [-0.05, 0) is 99.8 Å². The van der Waals surface area contributed by atoms with E-state index in [1.807, 2.05) is 50.3 Å². The molecule has 1 heterocycles. The SMILES string of the molecule is CCN(CC)Cc1ccc(CC(NC(=O)CC(C2=COC=C(CC3=CC=CCC3)O2)N(c2ccc3c(c2)CCCC3)S(=O)[O-])C(=O)N(C)C(C)C)cc1. The molecule has 5 rings (SSSR count). The van der Waals surface area contributed by atoms with Gasteiger partial charge in [-0.3, -0.25) is 23.0 Å². The second-order valence-electron chi connectivity index (χ2n) is 14.4. The first-order valence-corrected chi connectivity index (χ1v) is 20.0. The molecule has 2 amide bonds. The van der Waals surface area contributed by atoms with Crippen LogP contribution in [0.15, 0.2) is 90.3 Å². The van der Waals surface area contributed by atoms with Crippen molar-refractivity contribution in [1.82, 2.24) is 15.1 Å². The Hall–Kier alpha value is -4.19. The number of ether oxygens (including phenoxy) is 2. The van der Waals surface area contributed by atoms with Crippen molar-refractivity contribution in [2.24, 2.45) is 0 Å². The van der Waals surface area contributed by atoms with Crippen molar-refractivity contribution in [2.45, 2.75) is 110 Å². The number of aryl methyl sites for hydroxylation is 2. The Morgan fingerprint density at radius 2 is 1.68 bits per heavy atom. The van der Waals surface area contributed by atoms with E-state index in [4.69, 9.17) is 9.47 Å². The summed E-state index contributed by atoms with van der Waals surface area (Å²) in [5.41, 5.74) is 5.99. The average Bonchev–Trinajstić information content (AvgIpc) is 3.16. The van der Waals surface area contributed by atoms with Gasteiger partial charge >= 0.3 is 0 Å². The summed E-state index contributed by atoms with van der Waals surface area (Å²) in [6.07, 6.45) is 15.2. The van der Waals surface area contributed by atoms with Gasteiger partial charge in [0.1, 0.15) is 30.4 Å². The zero-order valence-electron chi connectivity index (χ0n) is 31.8. The maximum atomic E-state index is 14.2. The molecule has 2 aromatic carbocycles. The highest BCUT2D eigenvalue weighted by atomic mass is 32.2. The van der Waals surface area contributed by atoms with Gasteiger partial charge in [0.25, 0.3) is 0 Å². The number of hydrogen-bond donors (Lipinski definition) is 1. The van der Waals surface area contributed by atoms with Crippen molar-refractivity contribution in [3.8, 4) is 0 Å². The first-order chi connectivity index (χ1) is 25.6. The summed E-state index contributed by atoms with van der Waals surface area (Å²) in [5, 5.41) is 2.99. The first kappa shape index (κ1) is 40.0. The lowest BCUT2D eigenvalue weighted by molar-refractivity contribution is -0.136. The molecule has 10 nitrogen and oxygen atoms in total. The van der Waals surface area contributed by atoms with Crippen LogP contribution in [-0.2, 0) is 56.1 Å². The number of benzene rings is 2. The summed E-state index contributed by atoms with van der Waals surface area (Å²) in [6, 6.07) is 11.8. The van der Waals surface area contributed by atoms with Crippen molar-refractivity contribution >= 4 is 28.8 Å². The number of nitrogens with zero attached hydrogens (tertiary/aromatic N) is 3. The molecule has 11 heteroatoms. The van der Waals surface area contributed by atoms with Gasteiger partial charge in [0, 0.05) is 49.4 Å². The van der Waals surface area contributed by atoms with Crippen LogP contribution in [0.25, 0.3) is 0 Å². The molecule has 1 N–H and O–H groups in total. The Balaban J connectivity index is 1.42. The van der Waals surface area contributed by atoms with Crippen LogP contribution < -0.4 is 9.62 Å². The van der Waals surface area contributed by atoms with Crippen molar-refractivity contribution in [2.75, 3.05) is 24.4 Å². The summed E-state index contributed by atoms with van der Waals surface area (Å²) < 4.78 is 39.6. The molecular weight excluding hydrogens is 689 g/mol. The Morgan fingerprint density at radius 3 is 2.34 bits per heavy atom. The molecule has 0 saturated carbocycles. The number of rotatable bonds is 17. The first-order valence-electron chi connectivity index (χ1n) is 19.0. The third-order valence-electron chi connectivity index (χ3n) is 10.4. The van der Waals surface area contributed by atoms with Crippen LogP contribution in [0.1, 0.15) is 88.5 Å². The normalized spacial score (nSPS) is 17.0. The largest absolute Gasteiger partial charge is 0.755 e. The van der Waals surface area contributed by atoms with Crippen LogP contribution in [0.2, 0.25) is 0 Å². The third kappa shape index (κ3) is 10.9. The van der Waals surface area contributed by atoms with Gasteiger partial charge in [-0.25, -0.2) is 0 Å². The minimum absolute atomic E-state index is 0.0913. The molecule has 0 spiro atoms. The Morgan fingerprint density at radius 1 is 0.962 bits per heavy atom. The summed E-state index contributed by atoms with van der Waals surface area (Å²) in [7, 11) is 1.73. The zero-order chi connectivity index (χ0) is 37.9. The molecule has 0 aromatic heterocycles. The Kier molecular flexibility index (Phi) is 14.5. The Labute approximate surface area is 318 Å².